The van der Waals surface area contributed by atoms with Crippen LogP contribution < -0.4 is 5.73 Å². The van der Waals surface area contributed by atoms with E-state index < -0.39 is 0 Å². The van der Waals surface area contributed by atoms with Crippen LogP contribution in [0, 0.1) is 0 Å². The maximum Gasteiger partial charge on any atom is 0.0713 e. The predicted molar refractivity (Wildman–Crippen MR) is 87.4 cm³/mol. The summed E-state index contributed by atoms with van der Waals surface area (Å²) in [5.74, 6) is 0. The van der Waals surface area contributed by atoms with Gasteiger partial charge in [0.25, 0.3) is 0 Å². The van der Waals surface area contributed by atoms with Crippen LogP contribution in [0.4, 0.5) is 0 Å². The average Bonchev–Trinajstić information content (AvgIpc) is 2.96. The second kappa shape index (κ2) is 6.71. The lowest BCUT2D eigenvalue weighted by Crippen LogP contribution is -2.37. The quantitative estimate of drug-likeness (QED) is 0.923. The number of fused-ring (bicyclic) bond motifs is 1. The third-order valence-electron chi connectivity index (χ3n) is 4.15. The Morgan fingerprint density at radius 1 is 1.38 bits per heavy atom. The number of hydrogen-bond donors (Lipinski definition) is 1. The first kappa shape index (κ1) is 14.7. The Kier molecular flexibility index (Phi) is 4.70. The summed E-state index contributed by atoms with van der Waals surface area (Å²) in [6.07, 6.45) is 1.14. The molecule has 1 aliphatic heterocycles. The Balaban J connectivity index is 1.80. The SMILES string of the molecule is COCc1cccc(C(CN)N2CCc3sccc3C2)c1. The third kappa shape index (κ3) is 3.19. The van der Waals surface area contributed by atoms with Gasteiger partial charge in [0, 0.05) is 37.7 Å². The molecule has 2 aromatic rings. The van der Waals surface area contributed by atoms with Crippen LogP contribution in [0.2, 0.25) is 0 Å². The lowest BCUT2D eigenvalue weighted by Gasteiger charge is -2.34. The van der Waals surface area contributed by atoms with E-state index in [1.54, 1.807) is 7.11 Å². The van der Waals surface area contributed by atoms with Crippen molar-refractivity contribution in [3.8, 4) is 0 Å². The minimum Gasteiger partial charge on any atom is -0.380 e. The smallest absolute Gasteiger partial charge is 0.0713 e. The monoisotopic (exact) mass is 302 g/mol. The lowest BCUT2D eigenvalue weighted by molar-refractivity contribution is 0.180. The fraction of sp³-hybridized carbons (Fsp3) is 0.412. The van der Waals surface area contributed by atoms with Gasteiger partial charge in [-0.2, -0.15) is 0 Å². The van der Waals surface area contributed by atoms with E-state index in [1.165, 1.54) is 21.6 Å². The number of hydrogen-bond acceptors (Lipinski definition) is 4. The van der Waals surface area contributed by atoms with Crippen LogP contribution in [0.15, 0.2) is 35.7 Å². The first-order valence-electron chi connectivity index (χ1n) is 7.39. The van der Waals surface area contributed by atoms with Gasteiger partial charge in [-0.25, -0.2) is 0 Å². The summed E-state index contributed by atoms with van der Waals surface area (Å²) in [4.78, 5) is 4.04. The standard InChI is InChI=1S/C17H22N2OS/c1-20-12-13-3-2-4-14(9-13)16(10-18)19-7-5-17-15(11-19)6-8-21-17/h2-4,6,8-9,16H,5,7,10-12,18H2,1H3. The van der Waals surface area contributed by atoms with Crippen LogP contribution in [-0.4, -0.2) is 25.1 Å². The van der Waals surface area contributed by atoms with Gasteiger partial charge in [-0.05, 0) is 34.6 Å². The van der Waals surface area contributed by atoms with Crippen molar-refractivity contribution in [1.82, 2.24) is 4.90 Å². The molecule has 0 radical (unpaired) electrons. The second-order valence-corrected chi connectivity index (χ2v) is 6.52. The summed E-state index contributed by atoms with van der Waals surface area (Å²) in [5, 5.41) is 2.20. The second-order valence-electron chi connectivity index (χ2n) is 5.52. The highest BCUT2D eigenvalue weighted by Gasteiger charge is 2.24. The molecule has 3 nitrogen and oxygen atoms in total. The van der Waals surface area contributed by atoms with Crippen molar-refractivity contribution in [2.75, 3.05) is 20.2 Å². The van der Waals surface area contributed by atoms with Gasteiger partial charge in [-0.15, -0.1) is 11.3 Å². The van der Waals surface area contributed by atoms with E-state index in [0.29, 0.717) is 13.2 Å². The van der Waals surface area contributed by atoms with Crippen LogP contribution in [0.3, 0.4) is 0 Å². The van der Waals surface area contributed by atoms with Gasteiger partial charge in [-0.1, -0.05) is 24.3 Å². The van der Waals surface area contributed by atoms with Gasteiger partial charge < -0.3 is 10.5 Å². The number of nitrogens with two attached hydrogens (primary N) is 1. The van der Waals surface area contributed by atoms with Gasteiger partial charge in [0.1, 0.15) is 0 Å². The van der Waals surface area contributed by atoms with E-state index in [4.69, 9.17) is 10.5 Å². The lowest BCUT2D eigenvalue weighted by atomic mass is 9.99. The molecule has 1 aromatic carbocycles. The molecule has 4 heteroatoms. The Bertz CT molecular complexity index is 596. The summed E-state index contributed by atoms with van der Waals surface area (Å²) < 4.78 is 5.23. The Labute approximate surface area is 130 Å². The summed E-state index contributed by atoms with van der Waals surface area (Å²) >= 11 is 1.88. The highest BCUT2D eigenvalue weighted by Crippen LogP contribution is 2.30. The van der Waals surface area contributed by atoms with Gasteiger partial charge >= 0.3 is 0 Å². The summed E-state index contributed by atoms with van der Waals surface area (Å²) in [6, 6.07) is 11.2. The first-order chi connectivity index (χ1) is 10.3. The van der Waals surface area contributed by atoms with Crippen molar-refractivity contribution in [1.29, 1.82) is 0 Å². The van der Waals surface area contributed by atoms with Crippen LogP contribution in [-0.2, 0) is 24.3 Å². The largest absolute Gasteiger partial charge is 0.380 e. The Hall–Kier alpha value is -1.20. The minimum atomic E-state index is 0.287. The molecule has 2 N–H and O–H groups in total. The van der Waals surface area contributed by atoms with E-state index >= 15 is 0 Å². The fourth-order valence-corrected chi connectivity index (χ4v) is 3.98. The molecule has 0 saturated carbocycles. The number of ether oxygens (including phenoxy) is 1. The topological polar surface area (TPSA) is 38.5 Å². The summed E-state index contributed by atoms with van der Waals surface area (Å²) in [7, 11) is 1.73. The molecule has 1 aliphatic rings. The van der Waals surface area contributed by atoms with Gasteiger partial charge in [-0.3, -0.25) is 4.90 Å². The maximum absolute atomic E-state index is 6.08. The summed E-state index contributed by atoms with van der Waals surface area (Å²) in [6.45, 7) is 3.40. The van der Waals surface area contributed by atoms with Crippen LogP contribution in [0.25, 0.3) is 0 Å². The van der Waals surface area contributed by atoms with Crippen LogP contribution in [0.5, 0.6) is 0 Å². The molecule has 112 valence electrons. The third-order valence-corrected chi connectivity index (χ3v) is 5.17. The molecule has 0 aliphatic carbocycles. The zero-order chi connectivity index (χ0) is 14.7. The van der Waals surface area contributed by atoms with Gasteiger partial charge in [0.2, 0.25) is 0 Å². The van der Waals surface area contributed by atoms with Gasteiger partial charge in [0.05, 0.1) is 6.61 Å². The van der Waals surface area contributed by atoms with Crippen LogP contribution in [0.1, 0.15) is 27.6 Å². The first-order valence-corrected chi connectivity index (χ1v) is 8.27. The fourth-order valence-electron chi connectivity index (χ4n) is 3.09. The molecule has 1 unspecified atom stereocenters. The average molecular weight is 302 g/mol. The molecule has 1 atom stereocenters. The zero-order valence-corrected chi connectivity index (χ0v) is 13.2. The molecule has 2 heterocycles. The molecular formula is C17H22N2OS. The van der Waals surface area contributed by atoms with Gasteiger partial charge in [0.15, 0.2) is 0 Å². The molecule has 0 bridgehead atoms. The Morgan fingerprint density at radius 3 is 3.10 bits per heavy atom. The van der Waals surface area contributed by atoms with Crippen molar-refractivity contribution in [2.24, 2.45) is 5.73 Å². The molecule has 0 saturated heterocycles. The number of thiophene rings is 1. The van der Waals surface area contributed by atoms with Crippen molar-refractivity contribution in [3.63, 3.8) is 0 Å². The molecular weight excluding hydrogens is 280 g/mol. The maximum atomic E-state index is 6.08. The highest BCUT2D eigenvalue weighted by atomic mass is 32.1. The number of rotatable bonds is 5. The molecule has 3 rings (SSSR count). The summed E-state index contributed by atoms with van der Waals surface area (Å²) in [5.41, 5.74) is 10.1. The normalized spacial score (nSPS) is 16.7. The highest BCUT2D eigenvalue weighted by molar-refractivity contribution is 7.10. The van der Waals surface area contributed by atoms with Crippen molar-refractivity contribution >= 4 is 11.3 Å². The zero-order valence-electron chi connectivity index (χ0n) is 12.4. The number of benzene rings is 1. The molecule has 0 fully saturated rings. The predicted octanol–water partition coefficient (Wildman–Crippen LogP) is 2.95. The van der Waals surface area contributed by atoms with E-state index in [0.717, 1.165) is 19.5 Å². The Morgan fingerprint density at radius 2 is 2.29 bits per heavy atom. The minimum absolute atomic E-state index is 0.287. The van der Waals surface area contributed by atoms with Crippen LogP contribution >= 0.6 is 11.3 Å². The number of methoxy groups -OCH3 is 1. The van der Waals surface area contributed by atoms with E-state index in [-0.39, 0.29) is 6.04 Å². The van der Waals surface area contributed by atoms with E-state index in [1.807, 2.05) is 11.3 Å². The molecule has 0 amide bonds. The number of nitrogens with zero attached hydrogens (tertiary/aromatic N) is 1. The molecule has 0 spiro atoms. The van der Waals surface area contributed by atoms with Crippen molar-refractivity contribution < 1.29 is 4.74 Å². The van der Waals surface area contributed by atoms with E-state index in [2.05, 4.69) is 40.6 Å². The molecule has 21 heavy (non-hydrogen) atoms. The molecule has 1 aromatic heterocycles. The van der Waals surface area contributed by atoms with E-state index in [9.17, 15) is 0 Å². The van der Waals surface area contributed by atoms with Crippen molar-refractivity contribution in [2.45, 2.75) is 25.6 Å². The van der Waals surface area contributed by atoms with Crippen molar-refractivity contribution in [3.05, 3.63) is 57.3 Å².